The number of cyclic esters (lactones) is 1. The number of aliphatic hydroxyl groups is 1. The molecule has 3 aromatic carbocycles. The fraction of sp³-hybridized carbons (Fsp3) is 0.447. The van der Waals surface area contributed by atoms with E-state index >= 15 is 0 Å². The number of ether oxygens (including phenoxy) is 4. The van der Waals surface area contributed by atoms with Crippen molar-refractivity contribution in [1.29, 1.82) is 0 Å². The van der Waals surface area contributed by atoms with Gasteiger partial charge in [0.2, 0.25) is 0 Å². The van der Waals surface area contributed by atoms with Gasteiger partial charge in [-0.25, -0.2) is 4.79 Å². The van der Waals surface area contributed by atoms with E-state index in [0.29, 0.717) is 49.2 Å². The standard InChI is InChI=1S/C38H44N4O11S/c1-3-41(4-2)19-20-42(18-17-39-16-14-26-12-13-28(43)31-32(26)54-36(48)40-31)33(46)38-35(50-21-15-25-10-7-9-24-8-5-6-11-27(24)25)51-29(44)22-37(49,34(47)53-38)23-30(45)52-38/h5-13,35,39,43,49H,3-4,14-23H2,1-2H3,(H,40,48). The Morgan fingerprint density at radius 3 is 2.48 bits per heavy atom. The maximum absolute atomic E-state index is 14.8. The Hall–Kier alpha value is -4.87. The number of fused-ring (bicyclic) bond motifs is 5. The van der Waals surface area contributed by atoms with Gasteiger partial charge in [-0.2, -0.15) is 0 Å². The van der Waals surface area contributed by atoms with Crippen LogP contribution in [0.2, 0.25) is 0 Å². The minimum Gasteiger partial charge on any atom is -0.506 e. The number of H-pyrrole nitrogens is 1. The fourth-order valence-electron chi connectivity index (χ4n) is 6.77. The number of nitrogens with one attached hydrogen (secondary N) is 2. The zero-order valence-corrected chi connectivity index (χ0v) is 30.9. The van der Waals surface area contributed by atoms with E-state index in [1.165, 1.54) is 11.0 Å². The second-order valence-corrected chi connectivity index (χ2v) is 14.3. The van der Waals surface area contributed by atoms with E-state index in [9.17, 15) is 34.2 Å². The summed E-state index contributed by atoms with van der Waals surface area (Å²) in [6.45, 7) is 6.42. The van der Waals surface area contributed by atoms with Gasteiger partial charge in [0.25, 0.3) is 6.29 Å². The second kappa shape index (κ2) is 16.7. The SMILES string of the molecule is CCN(CC)CCN(CCNCCc1ccc(O)c2[nH]c(=O)sc12)C(=O)C12OC(=O)CC(O)(CC(=O)OC1OCCc1cccc3ccccc13)C(=O)O2. The highest BCUT2D eigenvalue weighted by atomic mass is 32.1. The van der Waals surface area contributed by atoms with E-state index < -0.39 is 54.3 Å². The largest absolute Gasteiger partial charge is 0.506 e. The number of aromatic nitrogens is 1. The van der Waals surface area contributed by atoms with Crippen LogP contribution in [0.15, 0.2) is 59.4 Å². The van der Waals surface area contributed by atoms with E-state index in [-0.39, 0.29) is 36.9 Å². The Kier molecular flexibility index (Phi) is 12.0. The van der Waals surface area contributed by atoms with Crippen molar-refractivity contribution in [2.45, 2.75) is 57.2 Å². The summed E-state index contributed by atoms with van der Waals surface area (Å²) in [5, 5.41) is 26.5. The Morgan fingerprint density at radius 1 is 0.926 bits per heavy atom. The average molecular weight is 765 g/mol. The van der Waals surface area contributed by atoms with Crippen LogP contribution in [0, 0.1) is 0 Å². The van der Waals surface area contributed by atoms with Crippen LogP contribution in [0.25, 0.3) is 21.0 Å². The molecule has 0 spiro atoms. The Morgan fingerprint density at radius 2 is 1.69 bits per heavy atom. The molecule has 2 saturated heterocycles. The Labute approximate surface area is 314 Å². The molecule has 288 valence electrons. The van der Waals surface area contributed by atoms with Gasteiger partial charge in [0, 0.05) is 26.2 Å². The van der Waals surface area contributed by atoms with E-state index in [0.717, 1.165) is 33.2 Å². The predicted octanol–water partition coefficient (Wildman–Crippen LogP) is 2.20. The maximum atomic E-state index is 14.8. The molecule has 3 atom stereocenters. The number of hydrogen-bond acceptors (Lipinski definition) is 14. The number of esters is 3. The smallest absolute Gasteiger partial charge is 0.401 e. The monoisotopic (exact) mass is 764 g/mol. The molecule has 2 aliphatic rings. The summed E-state index contributed by atoms with van der Waals surface area (Å²) in [6, 6.07) is 16.8. The lowest BCUT2D eigenvalue weighted by molar-refractivity contribution is -0.311. The number of aromatic amines is 1. The van der Waals surface area contributed by atoms with E-state index in [2.05, 4.69) is 15.2 Å². The number of phenols is 1. The summed E-state index contributed by atoms with van der Waals surface area (Å²) < 4.78 is 23.6. The molecule has 1 amide bonds. The first-order valence-corrected chi connectivity index (χ1v) is 18.8. The quantitative estimate of drug-likeness (QED) is 0.0959. The second-order valence-electron chi connectivity index (χ2n) is 13.3. The number of carbonyl (C=O) groups excluding carboxylic acids is 4. The van der Waals surface area contributed by atoms with Gasteiger partial charge in [-0.3, -0.25) is 19.2 Å². The maximum Gasteiger partial charge on any atom is 0.401 e. The lowest BCUT2D eigenvalue weighted by atomic mass is 9.95. The summed E-state index contributed by atoms with van der Waals surface area (Å²) >= 11 is 1.01. The average Bonchev–Trinajstić information content (AvgIpc) is 3.53. The molecule has 0 radical (unpaired) electrons. The van der Waals surface area contributed by atoms with Crippen molar-refractivity contribution in [2.24, 2.45) is 0 Å². The highest BCUT2D eigenvalue weighted by Crippen LogP contribution is 2.37. The lowest BCUT2D eigenvalue weighted by Gasteiger charge is -2.40. The molecule has 15 nitrogen and oxygen atoms in total. The van der Waals surface area contributed by atoms with Crippen LogP contribution in [0.4, 0.5) is 0 Å². The van der Waals surface area contributed by atoms with Crippen LogP contribution in [0.5, 0.6) is 5.75 Å². The molecule has 2 bridgehead atoms. The van der Waals surface area contributed by atoms with Crippen LogP contribution in [-0.2, 0) is 51.0 Å². The molecule has 0 saturated carbocycles. The Bertz CT molecular complexity index is 2080. The van der Waals surface area contributed by atoms with E-state index in [1.54, 1.807) is 6.07 Å². The molecule has 3 heterocycles. The van der Waals surface area contributed by atoms with Gasteiger partial charge in [-0.05, 0) is 60.4 Å². The van der Waals surface area contributed by atoms with Crippen molar-refractivity contribution in [3.63, 3.8) is 0 Å². The third kappa shape index (κ3) is 8.27. The molecule has 1 aromatic heterocycles. The van der Waals surface area contributed by atoms with Crippen LogP contribution in [0.1, 0.15) is 37.8 Å². The lowest BCUT2D eigenvalue weighted by Crippen LogP contribution is -2.65. The third-order valence-corrected chi connectivity index (χ3v) is 10.7. The molecule has 4 aromatic rings. The van der Waals surface area contributed by atoms with Gasteiger partial charge in [0.1, 0.15) is 11.3 Å². The molecule has 6 rings (SSSR count). The molecule has 3 unspecified atom stereocenters. The molecule has 0 aliphatic carbocycles. The molecule has 2 fully saturated rings. The fourth-order valence-corrected chi connectivity index (χ4v) is 7.66. The van der Waals surface area contributed by atoms with Gasteiger partial charge >= 0.3 is 34.5 Å². The number of thiazole rings is 1. The van der Waals surface area contributed by atoms with Crippen LogP contribution in [-0.4, -0.2) is 119 Å². The number of likely N-dealkylation sites (N-methyl/N-ethyl adjacent to an activating group) is 1. The molecular weight excluding hydrogens is 721 g/mol. The number of benzene rings is 3. The summed E-state index contributed by atoms with van der Waals surface area (Å²) in [6.07, 6.45) is -3.03. The van der Waals surface area contributed by atoms with Gasteiger partial charge < -0.3 is 49.3 Å². The number of nitrogens with zero attached hydrogens (tertiary/aromatic N) is 2. The number of hydrogen-bond donors (Lipinski definition) is 4. The van der Waals surface area contributed by atoms with Gasteiger partial charge in [-0.1, -0.05) is 73.7 Å². The summed E-state index contributed by atoms with van der Waals surface area (Å²) in [7, 11) is 0. The van der Waals surface area contributed by atoms with Gasteiger partial charge in [0.15, 0.2) is 5.60 Å². The van der Waals surface area contributed by atoms with Crippen molar-refractivity contribution < 1.29 is 48.3 Å². The summed E-state index contributed by atoms with van der Waals surface area (Å²) in [5.41, 5.74) is -0.481. The molecule has 4 N–H and O–H groups in total. The minimum absolute atomic E-state index is 0.0177. The first kappa shape index (κ1) is 38.8. The topological polar surface area (TPSA) is 197 Å². The van der Waals surface area contributed by atoms with Crippen molar-refractivity contribution >= 4 is 56.1 Å². The zero-order valence-electron chi connectivity index (χ0n) is 30.1. The number of carbonyl (C=O) groups is 4. The number of aromatic hydroxyl groups is 1. The van der Waals surface area contributed by atoms with E-state index in [1.807, 2.05) is 56.3 Å². The van der Waals surface area contributed by atoms with Crippen molar-refractivity contribution in [2.75, 3.05) is 52.4 Å². The number of amides is 1. The highest BCUT2D eigenvalue weighted by molar-refractivity contribution is 7.16. The first-order valence-electron chi connectivity index (χ1n) is 18.0. The Balaban J connectivity index is 1.24. The van der Waals surface area contributed by atoms with Crippen molar-refractivity contribution in [3.8, 4) is 5.75 Å². The normalized spacial score (nSPS) is 21.4. The zero-order chi connectivity index (χ0) is 38.5. The summed E-state index contributed by atoms with van der Waals surface area (Å²) in [5.74, 6) is -7.51. The molecule has 54 heavy (non-hydrogen) atoms. The van der Waals surface area contributed by atoms with Gasteiger partial charge in [-0.15, -0.1) is 0 Å². The van der Waals surface area contributed by atoms with Crippen LogP contribution in [0.3, 0.4) is 0 Å². The third-order valence-electron chi connectivity index (χ3n) is 9.77. The highest BCUT2D eigenvalue weighted by Gasteiger charge is 2.65. The van der Waals surface area contributed by atoms with Crippen molar-refractivity contribution in [1.82, 2.24) is 20.1 Å². The van der Waals surface area contributed by atoms with Gasteiger partial charge in [0.05, 0.1) is 24.1 Å². The molecule has 2 aliphatic heterocycles. The number of phenolic OH excluding ortho intramolecular Hbond substituents is 1. The molecule has 16 heteroatoms. The first-order chi connectivity index (χ1) is 26.0. The number of rotatable bonds is 16. The van der Waals surface area contributed by atoms with Crippen LogP contribution < -0.4 is 10.2 Å². The van der Waals surface area contributed by atoms with E-state index in [4.69, 9.17) is 18.9 Å². The minimum atomic E-state index is -2.89. The molecular formula is C38H44N4O11S. The summed E-state index contributed by atoms with van der Waals surface area (Å²) in [4.78, 5) is 72.4. The van der Waals surface area contributed by atoms with Crippen molar-refractivity contribution in [3.05, 3.63) is 75.4 Å². The predicted molar refractivity (Wildman–Crippen MR) is 198 cm³/mol. The van der Waals surface area contributed by atoms with Crippen LogP contribution >= 0.6 is 11.3 Å².